The fourth-order valence-corrected chi connectivity index (χ4v) is 1.48. The minimum atomic E-state index is -0.180. The Morgan fingerprint density at radius 1 is 1.31 bits per heavy atom. The van der Waals surface area contributed by atoms with Gasteiger partial charge in [0.05, 0.1) is 6.10 Å². The molecule has 1 rings (SSSR count). The van der Waals surface area contributed by atoms with Crippen LogP contribution < -0.4 is 4.90 Å². The van der Waals surface area contributed by atoms with Crippen molar-refractivity contribution in [3.05, 3.63) is 30.3 Å². The predicted molar refractivity (Wildman–Crippen MR) is 65.6 cm³/mol. The SMILES string of the molecule is CCN(CC(=O)OC(C)C)c1ccccc1. The lowest BCUT2D eigenvalue weighted by Gasteiger charge is -2.22. The molecule has 3 heteroatoms. The predicted octanol–water partition coefficient (Wildman–Crippen LogP) is 2.46. The van der Waals surface area contributed by atoms with Crippen LogP contribution in [0.25, 0.3) is 0 Å². The van der Waals surface area contributed by atoms with Crippen molar-refractivity contribution in [2.24, 2.45) is 0 Å². The first kappa shape index (κ1) is 12.6. The average Bonchev–Trinajstić information content (AvgIpc) is 2.26. The number of esters is 1. The van der Waals surface area contributed by atoms with Crippen molar-refractivity contribution in [1.29, 1.82) is 0 Å². The van der Waals surface area contributed by atoms with Crippen LogP contribution in [-0.4, -0.2) is 25.2 Å². The molecule has 0 aliphatic rings. The summed E-state index contributed by atoms with van der Waals surface area (Å²) in [6.07, 6.45) is -0.0537. The maximum Gasteiger partial charge on any atom is 0.325 e. The van der Waals surface area contributed by atoms with Gasteiger partial charge in [0.2, 0.25) is 0 Å². The number of nitrogens with zero attached hydrogens (tertiary/aromatic N) is 1. The van der Waals surface area contributed by atoms with Gasteiger partial charge in [0, 0.05) is 12.2 Å². The summed E-state index contributed by atoms with van der Waals surface area (Å²) in [6, 6.07) is 9.87. The van der Waals surface area contributed by atoms with Gasteiger partial charge in [0.1, 0.15) is 6.54 Å². The third-order valence-electron chi connectivity index (χ3n) is 2.19. The molecule has 0 N–H and O–H groups in total. The molecular formula is C13H19NO2. The molecule has 0 amide bonds. The highest BCUT2D eigenvalue weighted by Gasteiger charge is 2.11. The van der Waals surface area contributed by atoms with E-state index in [0.29, 0.717) is 6.54 Å². The quantitative estimate of drug-likeness (QED) is 0.715. The molecule has 0 atom stereocenters. The van der Waals surface area contributed by atoms with Gasteiger partial charge in [-0.25, -0.2) is 0 Å². The smallest absolute Gasteiger partial charge is 0.325 e. The van der Waals surface area contributed by atoms with Gasteiger partial charge in [-0.1, -0.05) is 18.2 Å². The number of rotatable bonds is 5. The monoisotopic (exact) mass is 221 g/mol. The summed E-state index contributed by atoms with van der Waals surface area (Å²) in [6.45, 7) is 6.83. The molecule has 16 heavy (non-hydrogen) atoms. The van der Waals surface area contributed by atoms with Crippen LogP contribution in [0.1, 0.15) is 20.8 Å². The number of hydrogen-bond donors (Lipinski definition) is 0. The van der Waals surface area contributed by atoms with Crippen molar-refractivity contribution >= 4 is 11.7 Å². The molecule has 0 fully saturated rings. The van der Waals surface area contributed by atoms with Crippen LogP contribution in [0.3, 0.4) is 0 Å². The van der Waals surface area contributed by atoms with E-state index >= 15 is 0 Å². The first-order chi connectivity index (χ1) is 7.63. The van der Waals surface area contributed by atoms with Crippen LogP contribution in [0.5, 0.6) is 0 Å². The van der Waals surface area contributed by atoms with Crippen molar-refractivity contribution in [3.63, 3.8) is 0 Å². The Labute approximate surface area is 97.0 Å². The summed E-state index contributed by atoms with van der Waals surface area (Å²) in [7, 11) is 0. The van der Waals surface area contributed by atoms with Gasteiger partial charge in [0.15, 0.2) is 0 Å². The Morgan fingerprint density at radius 3 is 2.44 bits per heavy atom. The van der Waals surface area contributed by atoms with E-state index in [1.54, 1.807) is 0 Å². The number of benzene rings is 1. The minimum Gasteiger partial charge on any atom is -0.462 e. The normalized spacial score (nSPS) is 10.2. The van der Waals surface area contributed by atoms with E-state index < -0.39 is 0 Å². The largest absolute Gasteiger partial charge is 0.462 e. The molecule has 0 heterocycles. The molecule has 1 aromatic carbocycles. The number of para-hydroxylation sites is 1. The molecule has 0 radical (unpaired) electrons. The molecule has 0 unspecified atom stereocenters. The molecule has 1 aromatic rings. The number of anilines is 1. The van der Waals surface area contributed by atoms with E-state index in [1.807, 2.05) is 56.0 Å². The highest BCUT2D eigenvalue weighted by Crippen LogP contribution is 2.12. The van der Waals surface area contributed by atoms with Crippen LogP contribution in [0.2, 0.25) is 0 Å². The lowest BCUT2D eigenvalue weighted by atomic mass is 10.3. The van der Waals surface area contributed by atoms with Crippen molar-refractivity contribution in [1.82, 2.24) is 0 Å². The molecule has 0 bridgehead atoms. The first-order valence-electron chi connectivity index (χ1n) is 5.63. The number of hydrogen-bond acceptors (Lipinski definition) is 3. The second kappa shape index (κ2) is 6.16. The lowest BCUT2D eigenvalue weighted by Crippen LogP contribution is -2.31. The summed E-state index contributed by atoms with van der Waals surface area (Å²) in [5, 5.41) is 0. The maximum atomic E-state index is 11.5. The number of carbonyl (C=O) groups is 1. The third kappa shape index (κ3) is 3.93. The first-order valence-corrected chi connectivity index (χ1v) is 5.63. The van der Waals surface area contributed by atoms with Crippen LogP contribution in [0.15, 0.2) is 30.3 Å². The molecule has 88 valence electrons. The van der Waals surface area contributed by atoms with Crippen molar-refractivity contribution in [2.75, 3.05) is 18.0 Å². The van der Waals surface area contributed by atoms with Gasteiger partial charge >= 0.3 is 5.97 Å². The fraction of sp³-hybridized carbons (Fsp3) is 0.462. The van der Waals surface area contributed by atoms with E-state index in [-0.39, 0.29) is 12.1 Å². The van der Waals surface area contributed by atoms with E-state index in [9.17, 15) is 4.79 Å². The second-order valence-electron chi connectivity index (χ2n) is 3.89. The Balaban J connectivity index is 2.59. The minimum absolute atomic E-state index is 0.0537. The van der Waals surface area contributed by atoms with Crippen molar-refractivity contribution < 1.29 is 9.53 Å². The number of carbonyl (C=O) groups excluding carboxylic acids is 1. The summed E-state index contributed by atoms with van der Waals surface area (Å²) < 4.78 is 5.12. The Morgan fingerprint density at radius 2 is 1.94 bits per heavy atom. The highest BCUT2D eigenvalue weighted by atomic mass is 16.5. The maximum absolute atomic E-state index is 11.5. The Hall–Kier alpha value is -1.51. The number of likely N-dealkylation sites (N-methyl/N-ethyl adjacent to an activating group) is 1. The van der Waals surface area contributed by atoms with E-state index in [0.717, 1.165) is 12.2 Å². The summed E-state index contributed by atoms with van der Waals surface area (Å²) >= 11 is 0. The van der Waals surface area contributed by atoms with Gasteiger partial charge in [-0.15, -0.1) is 0 Å². The molecule has 3 nitrogen and oxygen atoms in total. The van der Waals surface area contributed by atoms with Gasteiger partial charge in [-0.05, 0) is 32.9 Å². The van der Waals surface area contributed by atoms with Gasteiger partial charge in [0.25, 0.3) is 0 Å². The summed E-state index contributed by atoms with van der Waals surface area (Å²) in [5.74, 6) is -0.180. The number of ether oxygens (including phenoxy) is 1. The fourth-order valence-electron chi connectivity index (χ4n) is 1.48. The van der Waals surface area contributed by atoms with Gasteiger partial charge < -0.3 is 9.64 Å². The van der Waals surface area contributed by atoms with Crippen molar-refractivity contribution in [2.45, 2.75) is 26.9 Å². The Kier molecular flexibility index (Phi) is 4.83. The van der Waals surface area contributed by atoms with E-state index in [4.69, 9.17) is 4.74 Å². The zero-order chi connectivity index (χ0) is 12.0. The third-order valence-corrected chi connectivity index (χ3v) is 2.19. The topological polar surface area (TPSA) is 29.5 Å². The second-order valence-corrected chi connectivity index (χ2v) is 3.89. The van der Waals surface area contributed by atoms with Crippen LogP contribution in [-0.2, 0) is 9.53 Å². The zero-order valence-corrected chi connectivity index (χ0v) is 10.1. The average molecular weight is 221 g/mol. The zero-order valence-electron chi connectivity index (χ0n) is 10.1. The molecule has 0 saturated carbocycles. The van der Waals surface area contributed by atoms with Crippen LogP contribution in [0, 0.1) is 0 Å². The van der Waals surface area contributed by atoms with E-state index in [2.05, 4.69) is 0 Å². The molecular weight excluding hydrogens is 202 g/mol. The van der Waals surface area contributed by atoms with Gasteiger partial charge in [-0.3, -0.25) is 4.79 Å². The standard InChI is InChI=1S/C13H19NO2/c1-4-14(10-13(15)16-11(2)3)12-8-6-5-7-9-12/h5-9,11H,4,10H2,1-3H3. The molecule has 0 aromatic heterocycles. The van der Waals surface area contributed by atoms with Gasteiger partial charge in [-0.2, -0.15) is 0 Å². The van der Waals surface area contributed by atoms with Crippen molar-refractivity contribution in [3.8, 4) is 0 Å². The van der Waals surface area contributed by atoms with Crippen LogP contribution >= 0.6 is 0 Å². The summed E-state index contributed by atoms with van der Waals surface area (Å²) in [4.78, 5) is 13.5. The molecule has 0 saturated heterocycles. The highest BCUT2D eigenvalue weighted by molar-refractivity contribution is 5.75. The summed E-state index contributed by atoms with van der Waals surface area (Å²) in [5.41, 5.74) is 1.05. The Bertz CT molecular complexity index is 322. The molecule has 0 spiro atoms. The molecule has 0 aliphatic heterocycles. The molecule has 0 aliphatic carbocycles. The van der Waals surface area contributed by atoms with E-state index in [1.165, 1.54) is 0 Å². The lowest BCUT2D eigenvalue weighted by molar-refractivity contribution is -0.145. The van der Waals surface area contributed by atoms with Crippen LogP contribution in [0.4, 0.5) is 5.69 Å².